The van der Waals surface area contributed by atoms with Gasteiger partial charge in [-0.15, -0.1) is 0 Å². The molecule has 0 bridgehead atoms. The first-order chi connectivity index (χ1) is 12.9. The number of methoxy groups -OCH3 is 1. The summed E-state index contributed by atoms with van der Waals surface area (Å²) in [5.74, 6) is 1.01. The lowest BCUT2D eigenvalue weighted by Gasteiger charge is -2.31. The summed E-state index contributed by atoms with van der Waals surface area (Å²) in [6, 6.07) is 13.6. The second-order valence-electron chi connectivity index (χ2n) is 6.69. The largest absolute Gasteiger partial charge is 0.466 e. The lowest BCUT2D eigenvalue weighted by Crippen LogP contribution is -2.37. The van der Waals surface area contributed by atoms with Crippen molar-refractivity contribution in [2.45, 2.75) is 30.6 Å². The van der Waals surface area contributed by atoms with E-state index >= 15 is 0 Å². The van der Waals surface area contributed by atoms with E-state index in [0.29, 0.717) is 29.2 Å². The molecule has 27 heavy (non-hydrogen) atoms. The number of piperidine rings is 1. The quantitative estimate of drug-likeness (QED) is 0.611. The average molecular weight is 454 g/mol. The minimum absolute atomic E-state index is 0.110. The number of rotatable bonds is 6. The summed E-state index contributed by atoms with van der Waals surface area (Å²) >= 11 is 3.42. The van der Waals surface area contributed by atoms with Gasteiger partial charge < -0.3 is 9.47 Å². The number of benzene rings is 2. The molecule has 146 valence electrons. The third-order valence-electron chi connectivity index (χ3n) is 4.89. The summed E-state index contributed by atoms with van der Waals surface area (Å²) in [6.45, 7) is 3.00. The van der Waals surface area contributed by atoms with Crippen LogP contribution >= 0.6 is 15.9 Å². The number of hydrogen-bond acceptors (Lipinski definition) is 4. The lowest BCUT2D eigenvalue weighted by atomic mass is 9.90. The van der Waals surface area contributed by atoms with Gasteiger partial charge in [-0.2, -0.15) is 4.31 Å². The molecule has 0 aliphatic carbocycles. The second kappa shape index (κ2) is 8.73. The third-order valence-corrected chi connectivity index (χ3v) is 7.35. The van der Waals surface area contributed by atoms with Crippen molar-refractivity contribution in [3.8, 4) is 5.75 Å². The molecule has 3 rings (SSSR count). The molecule has 1 heterocycles. The smallest absolute Gasteiger partial charge is 0.243 e. The van der Waals surface area contributed by atoms with Gasteiger partial charge >= 0.3 is 0 Å². The maximum Gasteiger partial charge on any atom is 0.243 e. The van der Waals surface area contributed by atoms with Crippen molar-refractivity contribution in [1.29, 1.82) is 0 Å². The van der Waals surface area contributed by atoms with Crippen molar-refractivity contribution in [2.75, 3.05) is 27.0 Å². The molecule has 2 aromatic rings. The van der Waals surface area contributed by atoms with Crippen LogP contribution < -0.4 is 4.74 Å². The zero-order valence-electron chi connectivity index (χ0n) is 15.5. The van der Waals surface area contributed by atoms with Crippen molar-refractivity contribution >= 4 is 26.0 Å². The van der Waals surface area contributed by atoms with E-state index in [-0.39, 0.29) is 11.7 Å². The molecule has 7 heteroatoms. The molecule has 0 atom stereocenters. The maximum atomic E-state index is 13.1. The molecule has 5 nitrogen and oxygen atoms in total. The van der Waals surface area contributed by atoms with Gasteiger partial charge in [0, 0.05) is 20.2 Å². The van der Waals surface area contributed by atoms with E-state index < -0.39 is 10.0 Å². The highest BCUT2D eigenvalue weighted by molar-refractivity contribution is 9.10. The maximum absolute atomic E-state index is 13.1. The van der Waals surface area contributed by atoms with Crippen molar-refractivity contribution in [3.63, 3.8) is 0 Å². The van der Waals surface area contributed by atoms with Gasteiger partial charge in [0.15, 0.2) is 6.79 Å². The van der Waals surface area contributed by atoms with E-state index in [0.717, 1.165) is 18.4 Å². The van der Waals surface area contributed by atoms with Gasteiger partial charge in [0.05, 0.1) is 9.37 Å². The van der Waals surface area contributed by atoms with E-state index in [1.165, 1.54) is 5.56 Å². The van der Waals surface area contributed by atoms with Crippen LogP contribution in [-0.2, 0) is 14.8 Å². The first-order valence-corrected chi connectivity index (χ1v) is 11.1. The molecule has 1 saturated heterocycles. The van der Waals surface area contributed by atoms with Gasteiger partial charge in [-0.05, 0) is 64.9 Å². The van der Waals surface area contributed by atoms with Crippen molar-refractivity contribution in [2.24, 2.45) is 0 Å². The van der Waals surface area contributed by atoms with Gasteiger partial charge in [-0.1, -0.05) is 30.3 Å². The van der Waals surface area contributed by atoms with Crippen molar-refractivity contribution < 1.29 is 17.9 Å². The zero-order valence-corrected chi connectivity index (χ0v) is 17.9. The van der Waals surface area contributed by atoms with Crippen LogP contribution in [0.25, 0.3) is 0 Å². The van der Waals surface area contributed by atoms with Gasteiger partial charge in [-0.25, -0.2) is 8.42 Å². The van der Waals surface area contributed by atoms with Crippen LogP contribution in [0.15, 0.2) is 51.8 Å². The van der Waals surface area contributed by atoms with E-state index in [1.807, 2.05) is 25.1 Å². The lowest BCUT2D eigenvalue weighted by molar-refractivity contribution is 0.0500. The number of hydrogen-bond donors (Lipinski definition) is 0. The second-order valence-corrected chi connectivity index (χ2v) is 9.48. The van der Waals surface area contributed by atoms with E-state index in [4.69, 9.17) is 9.47 Å². The fourth-order valence-electron chi connectivity index (χ4n) is 3.45. The minimum atomic E-state index is -3.53. The Morgan fingerprint density at radius 2 is 1.81 bits per heavy atom. The molecule has 1 aliphatic heterocycles. The molecule has 0 amide bonds. The zero-order chi connectivity index (χ0) is 19.4. The summed E-state index contributed by atoms with van der Waals surface area (Å²) in [4.78, 5) is 0.287. The molecule has 1 fully saturated rings. The fraction of sp³-hybridized carbons (Fsp3) is 0.400. The summed E-state index contributed by atoms with van der Waals surface area (Å²) < 4.78 is 38.8. The highest BCUT2D eigenvalue weighted by atomic mass is 79.9. The Morgan fingerprint density at radius 1 is 1.15 bits per heavy atom. The molecule has 0 N–H and O–H groups in total. The first kappa shape index (κ1) is 20.3. The number of sulfonamides is 1. The van der Waals surface area contributed by atoms with E-state index in [2.05, 4.69) is 28.1 Å². The molecule has 2 aromatic carbocycles. The summed E-state index contributed by atoms with van der Waals surface area (Å²) in [7, 11) is -1.99. The molecule has 0 saturated carbocycles. The average Bonchev–Trinajstić information content (AvgIpc) is 2.68. The number of halogens is 1. The molecule has 1 aliphatic rings. The first-order valence-electron chi connectivity index (χ1n) is 8.90. The molecule has 0 radical (unpaired) electrons. The van der Waals surface area contributed by atoms with Gasteiger partial charge in [0.2, 0.25) is 10.0 Å². The Labute approximate surface area is 169 Å². The Kier molecular flexibility index (Phi) is 6.57. The van der Waals surface area contributed by atoms with Crippen molar-refractivity contribution in [3.05, 3.63) is 58.1 Å². The van der Waals surface area contributed by atoms with E-state index in [1.54, 1.807) is 23.5 Å². The van der Waals surface area contributed by atoms with Gasteiger partial charge in [0.25, 0.3) is 0 Å². The number of aryl methyl sites for hydroxylation is 1. The van der Waals surface area contributed by atoms with Crippen molar-refractivity contribution in [1.82, 2.24) is 4.31 Å². The van der Waals surface area contributed by atoms with Gasteiger partial charge in [0.1, 0.15) is 5.75 Å². The molecule has 0 unspecified atom stereocenters. The number of nitrogens with zero attached hydrogens (tertiary/aromatic N) is 1. The molecular formula is C20H24BrNO4S. The Hall–Kier alpha value is -1.41. The Bertz CT molecular complexity index is 855. The van der Waals surface area contributed by atoms with Crippen LogP contribution in [0.1, 0.15) is 29.9 Å². The summed E-state index contributed by atoms with van der Waals surface area (Å²) in [5, 5.41) is 0. The fourth-order valence-corrected chi connectivity index (χ4v) is 5.86. The standard InChI is InChI=1S/C20H24BrNO4S/c1-15-12-18(13-19(21)20(15)26-14-25-2)27(23,24)22-10-8-17(9-11-22)16-6-4-3-5-7-16/h3-7,12-13,17H,8-11,14H2,1-2H3. The van der Waals surface area contributed by atoms with Crippen LogP contribution in [0.3, 0.4) is 0 Å². The predicted octanol–water partition coefficient (Wildman–Crippen LogP) is 4.31. The highest BCUT2D eigenvalue weighted by Gasteiger charge is 2.30. The Balaban J connectivity index is 1.75. The molecule has 0 spiro atoms. The Morgan fingerprint density at radius 3 is 2.41 bits per heavy atom. The normalized spacial score (nSPS) is 16.4. The van der Waals surface area contributed by atoms with Gasteiger partial charge in [-0.3, -0.25) is 0 Å². The monoisotopic (exact) mass is 453 g/mol. The van der Waals surface area contributed by atoms with Crippen LogP contribution in [0.5, 0.6) is 5.75 Å². The summed E-state index contributed by atoms with van der Waals surface area (Å²) in [6.07, 6.45) is 1.66. The van der Waals surface area contributed by atoms with Crippen LogP contribution in [0.2, 0.25) is 0 Å². The molecule has 0 aromatic heterocycles. The minimum Gasteiger partial charge on any atom is -0.466 e. The van der Waals surface area contributed by atoms with Crippen LogP contribution in [0, 0.1) is 6.92 Å². The predicted molar refractivity (Wildman–Crippen MR) is 109 cm³/mol. The SMILES string of the molecule is COCOc1c(C)cc(S(=O)(=O)N2CCC(c3ccccc3)CC2)cc1Br. The molecular weight excluding hydrogens is 430 g/mol. The highest BCUT2D eigenvalue weighted by Crippen LogP contribution is 2.35. The van der Waals surface area contributed by atoms with Crippen LogP contribution in [0.4, 0.5) is 0 Å². The third kappa shape index (κ3) is 4.54. The number of ether oxygens (including phenoxy) is 2. The topological polar surface area (TPSA) is 55.8 Å². The van der Waals surface area contributed by atoms with Crippen LogP contribution in [-0.4, -0.2) is 39.7 Å². The van der Waals surface area contributed by atoms with E-state index in [9.17, 15) is 8.42 Å². The summed E-state index contributed by atoms with van der Waals surface area (Å²) in [5.41, 5.74) is 2.03.